The van der Waals surface area contributed by atoms with Crippen molar-refractivity contribution in [2.24, 2.45) is 0 Å². The number of para-hydroxylation sites is 1. The van der Waals surface area contributed by atoms with E-state index in [-0.39, 0.29) is 11.7 Å². The molecule has 7 nitrogen and oxygen atoms in total. The highest BCUT2D eigenvalue weighted by molar-refractivity contribution is 7.99. The molecule has 2 aromatic rings. The normalized spacial score (nSPS) is 10.2. The number of carbonyl (C=O) groups excluding carboxylic acids is 1. The number of aromatic nitrogens is 4. The first-order valence-electron chi connectivity index (χ1n) is 6.75. The largest absolute Gasteiger partial charge is 0.354 e. The predicted octanol–water partition coefficient (Wildman–Crippen LogP) is 1.40. The minimum Gasteiger partial charge on any atom is -0.354 e. The van der Waals surface area contributed by atoms with Gasteiger partial charge in [0.2, 0.25) is 11.1 Å². The number of nitriles is 1. The highest BCUT2D eigenvalue weighted by Gasteiger charge is 2.14. The van der Waals surface area contributed by atoms with Gasteiger partial charge in [-0.25, -0.2) is 0 Å². The number of nitrogens with one attached hydrogen (secondary N) is 1. The summed E-state index contributed by atoms with van der Waals surface area (Å²) in [5, 5.41) is 23.4. The second-order valence-electron chi connectivity index (χ2n) is 4.66. The molecule has 0 unspecified atom stereocenters. The molecule has 0 bridgehead atoms. The summed E-state index contributed by atoms with van der Waals surface area (Å²) in [7, 11) is 0. The molecule has 1 aromatic carbocycles. The van der Waals surface area contributed by atoms with Crippen molar-refractivity contribution in [2.75, 3.05) is 12.3 Å². The van der Waals surface area contributed by atoms with Crippen LogP contribution in [0.2, 0.25) is 0 Å². The fourth-order valence-corrected chi connectivity index (χ4v) is 2.69. The standard InChI is InChI=1S/C14H16N6OS/c1-10-5-3-6-11(2)13(10)20-14(17-18-19-20)22-9-12(21)16-8-4-7-15/h3,5-6H,4,8-9H2,1-2H3,(H,16,21). The number of thioether (sulfide) groups is 1. The average molecular weight is 316 g/mol. The van der Waals surface area contributed by atoms with Gasteiger partial charge in [-0.1, -0.05) is 30.0 Å². The van der Waals surface area contributed by atoms with Crippen molar-refractivity contribution in [1.82, 2.24) is 25.5 Å². The lowest BCUT2D eigenvalue weighted by Gasteiger charge is -2.10. The van der Waals surface area contributed by atoms with E-state index in [2.05, 4.69) is 20.8 Å². The van der Waals surface area contributed by atoms with Gasteiger partial charge < -0.3 is 5.32 Å². The van der Waals surface area contributed by atoms with Crippen LogP contribution >= 0.6 is 11.8 Å². The molecule has 0 aliphatic rings. The van der Waals surface area contributed by atoms with E-state index in [1.54, 1.807) is 4.68 Å². The molecular weight excluding hydrogens is 300 g/mol. The smallest absolute Gasteiger partial charge is 0.230 e. The molecule has 0 saturated carbocycles. The number of carbonyl (C=O) groups is 1. The molecule has 8 heteroatoms. The van der Waals surface area contributed by atoms with Gasteiger partial charge in [0, 0.05) is 6.54 Å². The Morgan fingerprint density at radius 3 is 2.82 bits per heavy atom. The van der Waals surface area contributed by atoms with Gasteiger partial charge in [0.05, 0.1) is 23.9 Å². The molecule has 0 saturated heterocycles. The van der Waals surface area contributed by atoms with Crippen molar-refractivity contribution in [3.8, 4) is 11.8 Å². The fraction of sp³-hybridized carbons (Fsp3) is 0.357. The van der Waals surface area contributed by atoms with Crippen LogP contribution in [0.5, 0.6) is 0 Å². The van der Waals surface area contributed by atoms with E-state index < -0.39 is 0 Å². The maximum atomic E-state index is 11.7. The number of hydrogen-bond donors (Lipinski definition) is 1. The summed E-state index contributed by atoms with van der Waals surface area (Å²) in [6.07, 6.45) is 0.302. The fourth-order valence-electron chi connectivity index (χ4n) is 1.99. The second-order valence-corrected chi connectivity index (χ2v) is 5.60. The number of hydrogen-bond acceptors (Lipinski definition) is 6. The third-order valence-electron chi connectivity index (χ3n) is 2.98. The lowest BCUT2D eigenvalue weighted by molar-refractivity contribution is -0.118. The van der Waals surface area contributed by atoms with Crippen molar-refractivity contribution >= 4 is 17.7 Å². The summed E-state index contributed by atoms with van der Waals surface area (Å²) < 4.78 is 1.65. The van der Waals surface area contributed by atoms with Crippen LogP contribution in [0.1, 0.15) is 17.5 Å². The molecule has 1 aromatic heterocycles. The Balaban J connectivity index is 2.08. The third kappa shape index (κ3) is 3.83. The topological polar surface area (TPSA) is 96.5 Å². The van der Waals surface area contributed by atoms with Crippen LogP contribution in [0, 0.1) is 25.2 Å². The van der Waals surface area contributed by atoms with E-state index in [1.165, 1.54) is 11.8 Å². The number of amides is 1. The Labute approximate surface area is 132 Å². The summed E-state index contributed by atoms with van der Waals surface area (Å²) in [6, 6.07) is 7.94. The van der Waals surface area contributed by atoms with Gasteiger partial charge in [0.15, 0.2) is 0 Å². The molecule has 1 N–H and O–H groups in total. The van der Waals surface area contributed by atoms with Gasteiger partial charge in [0.1, 0.15) is 0 Å². The molecular formula is C14H16N6OS. The average Bonchev–Trinajstić information content (AvgIpc) is 2.93. The molecule has 0 atom stereocenters. The van der Waals surface area contributed by atoms with Gasteiger partial charge >= 0.3 is 0 Å². The van der Waals surface area contributed by atoms with Crippen molar-refractivity contribution in [3.63, 3.8) is 0 Å². The zero-order chi connectivity index (χ0) is 15.9. The van der Waals surface area contributed by atoms with Crippen LogP contribution in [0.15, 0.2) is 23.4 Å². The van der Waals surface area contributed by atoms with E-state index >= 15 is 0 Å². The molecule has 22 heavy (non-hydrogen) atoms. The Kier molecular flexibility index (Phi) is 5.49. The maximum Gasteiger partial charge on any atom is 0.230 e. The lowest BCUT2D eigenvalue weighted by atomic mass is 10.1. The van der Waals surface area contributed by atoms with E-state index in [0.29, 0.717) is 18.1 Å². The minimum atomic E-state index is -0.142. The molecule has 0 radical (unpaired) electrons. The first-order chi connectivity index (χ1) is 10.6. The first-order valence-corrected chi connectivity index (χ1v) is 7.73. The van der Waals surface area contributed by atoms with E-state index in [4.69, 9.17) is 5.26 Å². The molecule has 1 amide bonds. The third-order valence-corrected chi connectivity index (χ3v) is 3.90. The van der Waals surface area contributed by atoms with Crippen molar-refractivity contribution in [2.45, 2.75) is 25.4 Å². The van der Waals surface area contributed by atoms with Gasteiger partial charge in [-0.05, 0) is 35.4 Å². The van der Waals surface area contributed by atoms with Gasteiger partial charge in [0.25, 0.3) is 0 Å². The van der Waals surface area contributed by atoms with Gasteiger partial charge in [-0.2, -0.15) is 9.94 Å². The van der Waals surface area contributed by atoms with Crippen LogP contribution < -0.4 is 5.32 Å². The number of benzene rings is 1. The van der Waals surface area contributed by atoms with Crippen LogP contribution in [0.25, 0.3) is 5.69 Å². The van der Waals surface area contributed by atoms with Crippen molar-refractivity contribution in [3.05, 3.63) is 29.3 Å². The van der Waals surface area contributed by atoms with Gasteiger partial charge in [-0.3, -0.25) is 4.79 Å². The number of aryl methyl sites for hydroxylation is 2. The molecule has 0 spiro atoms. The molecule has 2 rings (SSSR count). The monoisotopic (exact) mass is 316 g/mol. The zero-order valence-corrected chi connectivity index (χ0v) is 13.2. The summed E-state index contributed by atoms with van der Waals surface area (Å²) in [4.78, 5) is 11.7. The van der Waals surface area contributed by atoms with Crippen LogP contribution in [-0.2, 0) is 4.79 Å². The Morgan fingerprint density at radius 1 is 1.41 bits per heavy atom. The first kappa shape index (κ1) is 16.0. The second kappa shape index (κ2) is 7.56. The van der Waals surface area contributed by atoms with E-state index in [0.717, 1.165) is 16.8 Å². The maximum absolute atomic E-state index is 11.7. The van der Waals surface area contributed by atoms with Crippen LogP contribution in [0.3, 0.4) is 0 Å². The SMILES string of the molecule is Cc1cccc(C)c1-n1nnnc1SCC(=O)NCCC#N. The van der Waals surface area contributed by atoms with E-state index in [1.807, 2.05) is 38.1 Å². The number of rotatable bonds is 6. The molecule has 114 valence electrons. The van der Waals surface area contributed by atoms with Crippen molar-refractivity contribution in [1.29, 1.82) is 5.26 Å². The molecule has 0 aliphatic carbocycles. The summed E-state index contributed by atoms with van der Waals surface area (Å²) >= 11 is 1.26. The highest BCUT2D eigenvalue weighted by atomic mass is 32.2. The Morgan fingerprint density at radius 2 is 2.14 bits per heavy atom. The molecule has 1 heterocycles. The van der Waals surface area contributed by atoms with Crippen LogP contribution in [0.4, 0.5) is 0 Å². The van der Waals surface area contributed by atoms with Crippen molar-refractivity contribution < 1.29 is 4.79 Å². The summed E-state index contributed by atoms with van der Waals surface area (Å²) in [5.74, 6) is 0.0628. The predicted molar refractivity (Wildman–Crippen MR) is 82.6 cm³/mol. The number of nitrogens with zero attached hydrogens (tertiary/aromatic N) is 5. The quantitative estimate of drug-likeness (QED) is 0.639. The summed E-state index contributed by atoms with van der Waals surface area (Å²) in [5.41, 5.74) is 3.06. The Hall–Kier alpha value is -2.40. The molecule has 0 aliphatic heterocycles. The minimum absolute atomic E-state index is 0.142. The highest BCUT2D eigenvalue weighted by Crippen LogP contribution is 2.23. The Bertz CT molecular complexity index is 685. The summed E-state index contributed by atoms with van der Waals surface area (Å²) in [6.45, 7) is 4.35. The zero-order valence-electron chi connectivity index (χ0n) is 12.4. The van der Waals surface area contributed by atoms with Crippen LogP contribution in [-0.4, -0.2) is 38.4 Å². The molecule has 0 fully saturated rings. The number of tetrazole rings is 1. The van der Waals surface area contributed by atoms with Gasteiger partial charge in [-0.15, -0.1) is 5.10 Å². The lowest BCUT2D eigenvalue weighted by Crippen LogP contribution is -2.26. The van der Waals surface area contributed by atoms with E-state index in [9.17, 15) is 4.79 Å².